The van der Waals surface area contributed by atoms with Crippen molar-refractivity contribution in [3.8, 4) is 11.5 Å². The Balaban J connectivity index is 1.79. The lowest BCUT2D eigenvalue weighted by Crippen LogP contribution is -2.48. The molecule has 1 heterocycles. The zero-order chi connectivity index (χ0) is 19.6. The van der Waals surface area contributed by atoms with Gasteiger partial charge >= 0.3 is 0 Å². The maximum atomic E-state index is 12.2. The second kappa shape index (κ2) is 7.37. The van der Waals surface area contributed by atoms with Crippen LogP contribution in [0, 0.1) is 5.92 Å². The number of hydrogen-bond acceptors (Lipinski definition) is 5. The van der Waals surface area contributed by atoms with Crippen molar-refractivity contribution in [2.24, 2.45) is 5.92 Å². The van der Waals surface area contributed by atoms with Crippen LogP contribution in [0.1, 0.15) is 16.7 Å². The quantitative estimate of drug-likeness (QED) is 0.715. The normalized spacial score (nSPS) is 13.9. The van der Waals surface area contributed by atoms with E-state index in [1.165, 1.54) is 0 Å². The number of carboxylic acid groups (broad SMARTS) is 1. The highest BCUT2D eigenvalue weighted by Crippen LogP contribution is 2.40. The SMILES string of the molecule is O=C([O-])C(Cc1ccc2c(c1)OCO2)C(O)(c1ccccc1)c1ccccc1. The number of carbonyl (C=O) groups is 1. The molecular weight excluding hydrogens is 356 g/mol. The molecule has 3 aromatic rings. The van der Waals surface area contributed by atoms with E-state index in [2.05, 4.69) is 0 Å². The second-order valence-electron chi connectivity index (χ2n) is 6.76. The third kappa shape index (κ3) is 3.21. The van der Waals surface area contributed by atoms with Gasteiger partial charge in [0.2, 0.25) is 6.79 Å². The summed E-state index contributed by atoms with van der Waals surface area (Å²) in [4.78, 5) is 12.2. The van der Waals surface area contributed by atoms with Gasteiger partial charge in [-0.05, 0) is 35.2 Å². The van der Waals surface area contributed by atoms with E-state index in [1.54, 1.807) is 66.7 Å². The summed E-state index contributed by atoms with van der Waals surface area (Å²) in [5.74, 6) is -1.35. The molecule has 1 N–H and O–H groups in total. The molecule has 0 aliphatic carbocycles. The van der Waals surface area contributed by atoms with Gasteiger partial charge in [-0.15, -0.1) is 0 Å². The van der Waals surface area contributed by atoms with E-state index in [-0.39, 0.29) is 13.2 Å². The first-order valence-electron chi connectivity index (χ1n) is 9.02. The van der Waals surface area contributed by atoms with E-state index >= 15 is 0 Å². The monoisotopic (exact) mass is 375 g/mol. The zero-order valence-corrected chi connectivity index (χ0v) is 15.1. The van der Waals surface area contributed by atoms with Gasteiger partial charge in [0.25, 0.3) is 0 Å². The second-order valence-corrected chi connectivity index (χ2v) is 6.76. The van der Waals surface area contributed by atoms with E-state index in [0.717, 1.165) is 0 Å². The maximum absolute atomic E-state index is 12.2. The predicted octanol–water partition coefficient (Wildman–Crippen LogP) is 2.26. The van der Waals surface area contributed by atoms with Crippen LogP contribution in [0.3, 0.4) is 0 Å². The van der Waals surface area contributed by atoms with Crippen LogP contribution in [0.4, 0.5) is 0 Å². The van der Waals surface area contributed by atoms with E-state index in [9.17, 15) is 15.0 Å². The molecule has 5 heteroatoms. The smallest absolute Gasteiger partial charge is 0.231 e. The fourth-order valence-corrected chi connectivity index (χ4v) is 3.66. The van der Waals surface area contributed by atoms with Crippen LogP contribution in [0.2, 0.25) is 0 Å². The van der Waals surface area contributed by atoms with Crippen LogP contribution < -0.4 is 14.6 Å². The van der Waals surface area contributed by atoms with Crippen LogP contribution in [0.15, 0.2) is 78.9 Å². The predicted molar refractivity (Wildman–Crippen MR) is 101 cm³/mol. The summed E-state index contributed by atoms with van der Waals surface area (Å²) in [6.45, 7) is 0.140. The summed E-state index contributed by atoms with van der Waals surface area (Å²) in [5, 5.41) is 24.0. The van der Waals surface area contributed by atoms with Gasteiger partial charge in [0.1, 0.15) is 5.60 Å². The molecule has 0 amide bonds. The van der Waals surface area contributed by atoms with Gasteiger partial charge in [-0.25, -0.2) is 0 Å². The Morgan fingerprint density at radius 1 is 0.929 bits per heavy atom. The molecule has 1 aliphatic heterocycles. The molecule has 5 nitrogen and oxygen atoms in total. The van der Waals surface area contributed by atoms with Crippen LogP contribution in [0.5, 0.6) is 11.5 Å². The van der Waals surface area contributed by atoms with Gasteiger partial charge < -0.3 is 24.5 Å². The van der Waals surface area contributed by atoms with Crippen molar-refractivity contribution in [3.63, 3.8) is 0 Å². The zero-order valence-electron chi connectivity index (χ0n) is 15.1. The average molecular weight is 375 g/mol. The highest BCUT2D eigenvalue weighted by atomic mass is 16.7. The highest BCUT2D eigenvalue weighted by Gasteiger charge is 2.41. The van der Waals surface area contributed by atoms with Crippen molar-refractivity contribution in [1.29, 1.82) is 0 Å². The van der Waals surface area contributed by atoms with E-state index in [4.69, 9.17) is 9.47 Å². The fourth-order valence-electron chi connectivity index (χ4n) is 3.66. The van der Waals surface area contributed by atoms with E-state index < -0.39 is 17.5 Å². The van der Waals surface area contributed by atoms with Gasteiger partial charge in [0.05, 0.1) is 0 Å². The topological polar surface area (TPSA) is 78.8 Å². The molecule has 0 saturated heterocycles. The number of fused-ring (bicyclic) bond motifs is 1. The Morgan fingerprint density at radius 3 is 2.07 bits per heavy atom. The molecule has 1 unspecified atom stereocenters. The van der Waals surface area contributed by atoms with Crippen molar-refractivity contribution in [2.45, 2.75) is 12.0 Å². The molecule has 0 saturated carbocycles. The van der Waals surface area contributed by atoms with Crippen molar-refractivity contribution < 1.29 is 24.5 Å². The molecule has 142 valence electrons. The van der Waals surface area contributed by atoms with Crippen molar-refractivity contribution in [3.05, 3.63) is 95.6 Å². The average Bonchev–Trinajstić information content (AvgIpc) is 3.20. The van der Waals surface area contributed by atoms with Gasteiger partial charge in [-0.3, -0.25) is 0 Å². The minimum absolute atomic E-state index is 0.0687. The maximum Gasteiger partial charge on any atom is 0.231 e. The van der Waals surface area contributed by atoms with Crippen LogP contribution >= 0.6 is 0 Å². The Labute approximate surface area is 162 Å². The van der Waals surface area contributed by atoms with Gasteiger partial charge in [0.15, 0.2) is 11.5 Å². The first kappa shape index (κ1) is 18.1. The molecular formula is C23H19O5-. The number of benzene rings is 3. The molecule has 0 radical (unpaired) electrons. The number of ether oxygens (including phenoxy) is 2. The van der Waals surface area contributed by atoms with Crippen LogP contribution in [-0.4, -0.2) is 17.9 Å². The van der Waals surface area contributed by atoms with Gasteiger partial charge in [-0.1, -0.05) is 66.7 Å². The minimum Gasteiger partial charge on any atom is -0.550 e. The minimum atomic E-state index is -1.75. The lowest BCUT2D eigenvalue weighted by atomic mass is 9.73. The highest BCUT2D eigenvalue weighted by molar-refractivity contribution is 5.72. The number of aliphatic carboxylic acids is 1. The first-order chi connectivity index (χ1) is 13.6. The summed E-state index contributed by atoms with van der Waals surface area (Å²) in [6.07, 6.45) is 0.0687. The lowest BCUT2D eigenvalue weighted by Gasteiger charge is -2.38. The summed E-state index contributed by atoms with van der Waals surface area (Å²) < 4.78 is 10.7. The molecule has 3 aromatic carbocycles. The molecule has 0 aromatic heterocycles. The van der Waals surface area contributed by atoms with Crippen molar-refractivity contribution in [2.75, 3.05) is 6.79 Å². The fraction of sp³-hybridized carbons (Fsp3) is 0.174. The third-order valence-electron chi connectivity index (χ3n) is 5.09. The molecule has 1 aliphatic rings. The largest absolute Gasteiger partial charge is 0.550 e. The molecule has 1 atom stereocenters. The Hall–Kier alpha value is -3.31. The Morgan fingerprint density at radius 2 is 1.50 bits per heavy atom. The van der Waals surface area contributed by atoms with Gasteiger partial charge in [0, 0.05) is 11.9 Å². The summed E-state index contributed by atoms with van der Waals surface area (Å²) in [7, 11) is 0. The Kier molecular flexibility index (Phi) is 4.75. The van der Waals surface area contributed by atoms with Crippen molar-refractivity contribution in [1.82, 2.24) is 0 Å². The number of hydrogen-bond donors (Lipinski definition) is 1. The lowest BCUT2D eigenvalue weighted by molar-refractivity contribution is -0.316. The summed E-state index contributed by atoms with van der Waals surface area (Å²) in [5.41, 5.74) is -0.0476. The molecule has 28 heavy (non-hydrogen) atoms. The van der Waals surface area contributed by atoms with E-state index in [1.807, 2.05) is 12.1 Å². The molecule has 0 fully saturated rings. The molecule has 4 rings (SSSR count). The van der Waals surface area contributed by atoms with Crippen LogP contribution in [-0.2, 0) is 16.8 Å². The summed E-state index contributed by atoms with van der Waals surface area (Å²) >= 11 is 0. The molecule has 0 bridgehead atoms. The number of carboxylic acids is 1. The standard InChI is InChI=1S/C23H20O5/c24-22(25)19(13-16-11-12-20-21(14-16)28-15-27-20)23(26,17-7-3-1-4-8-17)18-9-5-2-6-10-18/h1-12,14,19,26H,13,15H2,(H,24,25)/p-1. The number of carbonyl (C=O) groups excluding carboxylic acids is 1. The summed E-state index contributed by atoms with van der Waals surface area (Å²) in [6, 6.07) is 22.9. The van der Waals surface area contributed by atoms with Gasteiger partial charge in [-0.2, -0.15) is 0 Å². The number of rotatable bonds is 6. The van der Waals surface area contributed by atoms with Crippen molar-refractivity contribution >= 4 is 5.97 Å². The number of aliphatic hydroxyl groups is 1. The van der Waals surface area contributed by atoms with E-state index in [0.29, 0.717) is 28.2 Å². The van der Waals surface area contributed by atoms with Crippen LogP contribution in [0.25, 0.3) is 0 Å². The first-order valence-corrected chi connectivity index (χ1v) is 9.02. The Bertz CT molecular complexity index is 929. The third-order valence-corrected chi connectivity index (χ3v) is 5.09. The molecule has 0 spiro atoms.